The van der Waals surface area contributed by atoms with E-state index in [1.165, 1.54) is 0 Å². The highest BCUT2D eigenvalue weighted by Crippen LogP contribution is 2.09. The van der Waals surface area contributed by atoms with Gasteiger partial charge in [-0.3, -0.25) is 0 Å². The standard InChI is InChI=1S/C10H14O4S/c1-2-14-9(10(11)12)7-13-6-8-4-3-5-15-8/h3-5,9H,2,6-7H2,1H3,(H,11,12). The van der Waals surface area contributed by atoms with Gasteiger partial charge in [-0.15, -0.1) is 11.3 Å². The van der Waals surface area contributed by atoms with E-state index >= 15 is 0 Å². The minimum absolute atomic E-state index is 0.0844. The first-order chi connectivity index (χ1) is 7.24. The van der Waals surface area contributed by atoms with E-state index in [-0.39, 0.29) is 6.61 Å². The quantitative estimate of drug-likeness (QED) is 0.775. The second-order valence-electron chi connectivity index (χ2n) is 2.88. The van der Waals surface area contributed by atoms with Gasteiger partial charge in [0.2, 0.25) is 0 Å². The number of thiophene rings is 1. The van der Waals surface area contributed by atoms with Crippen LogP contribution < -0.4 is 0 Å². The van der Waals surface area contributed by atoms with Crippen LogP contribution in [0, 0.1) is 0 Å². The van der Waals surface area contributed by atoms with Gasteiger partial charge in [0.15, 0.2) is 6.10 Å². The minimum atomic E-state index is -0.983. The molecule has 0 spiro atoms. The van der Waals surface area contributed by atoms with Crippen molar-refractivity contribution in [2.75, 3.05) is 13.2 Å². The molecule has 4 nitrogen and oxygen atoms in total. The van der Waals surface area contributed by atoms with Crippen LogP contribution in [-0.4, -0.2) is 30.4 Å². The largest absolute Gasteiger partial charge is 0.479 e. The summed E-state index contributed by atoms with van der Waals surface area (Å²) in [5, 5.41) is 10.7. The number of carbonyl (C=O) groups is 1. The second-order valence-corrected chi connectivity index (χ2v) is 3.91. The molecule has 1 atom stereocenters. The molecule has 0 fully saturated rings. The van der Waals surface area contributed by atoms with Gasteiger partial charge in [0.05, 0.1) is 13.2 Å². The minimum Gasteiger partial charge on any atom is -0.479 e. The van der Waals surface area contributed by atoms with Crippen LogP contribution in [-0.2, 0) is 20.9 Å². The molecule has 1 rings (SSSR count). The summed E-state index contributed by atoms with van der Waals surface area (Å²) in [5.74, 6) is -0.983. The lowest BCUT2D eigenvalue weighted by Crippen LogP contribution is -2.29. The summed E-state index contributed by atoms with van der Waals surface area (Å²) in [7, 11) is 0. The molecule has 1 aromatic heterocycles. The Balaban J connectivity index is 2.25. The lowest BCUT2D eigenvalue weighted by Gasteiger charge is -2.11. The Bertz CT molecular complexity index is 284. The van der Waals surface area contributed by atoms with E-state index in [0.717, 1.165) is 4.88 Å². The Labute approximate surface area is 92.4 Å². The van der Waals surface area contributed by atoms with Gasteiger partial charge >= 0.3 is 5.97 Å². The molecule has 15 heavy (non-hydrogen) atoms. The van der Waals surface area contributed by atoms with Gasteiger partial charge in [0.25, 0.3) is 0 Å². The molecule has 0 aliphatic rings. The van der Waals surface area contributed by atoms with E-state index in [0.29, 0.717) is 13.2 Å². The first kappa shape index (κ1) is 12.2. The molecule has 0 aliphatic heterocycles. The molecule has 0 aromatic carbocycles. The molecule has 1 unspecified atom stereocenters. The van der Waals surface area contributed by atoms with Gasteiger partial charge in [-0.2, -0.15) is 0 Å². The summed E-state index contributed by atoms with van der Waals surface area (Å²) in [6, 6.07) is 3.88. The van der Waals surface area contributed by atoms with Crippen LogP contribution in [0.2, 0.25) is 0 Å². The topological polar surface area (TPSA) is 55.8 Å². The summed E-state index contributed by atoms with van der Waals surface area (Å²) < 4.78 is 10.3. The highest BCUT2D eigenvalue weighted by molar-refractivity contribution is 7.09. The van der Waals surface area contributed by atoms with Crippen LogP contribution >= 0.6 is 11.3 Å². The van der Waals surface area contributed by atoms with E-state index in [2.05, 4.69) is 0 Å². The molecule has 5 heteroatoms. The van der Waals surface area contributed by atoms with Gasteiger partial charge in [-0.05, 0) is 18.4 Å². The molecule has 0 bridgehead atoms. The van der Waals surface area contributed by atoms with Crippen molar-refractivity contribution in [1.29, 1.82) is 0 Å². The number of hydrogen-bond donors (Lipinski definition) is 1. The van der Waals surface area contributed by atoms with Crippen LogP contribution in [0.1, 0.15) is 11.8 Å². The number of ether oxygens (including phenoxy) is 2. The molecule has 1 aromatic rings. The highest BCUT2D eigenvalue weighted by atomic mass is 32.1. The maximum absolute atomic E-state index is 10.7. The first-order valence-corrected chi connectivity index (χ1v) is 5.56. The summed E-state index contributed by atoms with van der Waals surface area (Å²) in [5.41, 5.74) is 0. The van der Waals surface area contributed by atoms with Crippen LogP contribution in [0.4, 0.5) is 0 Å². The molecular weight excluding hydrogens is 216 g/mol. The predicted molar refractivity (Wildman–Crippen MR) is 57.0 cm³/mol. The van der Waals surface area contributed by atoms with Crippen molar-refractivity contribution < 1.29 is 19.4 Å². The third-order valence-corrected chi connectivity index (χ3v) is 2.59. The fourth-order valence-corrected chi connectivity index (χ4v) is 1.69. The van der Waals surface area contributed by atoms with Crippen LogP contribution in [0.25, 0.3) is 0 Å². The number of hydrogen-bond acceptors (Lipinski definition) is 4. The van der Waals surface area contributed by atoms with E-state index < -0.39 is 12.1 Å². The van der Waals surface area contributed by atoms with Crippen molar-refractivity contribution >= 4 is 17.3 Å². The molecule has 1 heterocycles. The van der Waals surface area contributed by atoms with E-state index in [1.807, 2.05) is 17.5 Å². The Morgan fingerprint density at radius 3 is 3.00 bits per heavy atom. The zero-order valence-electron chi connectivity index (χ0n) is 8.51. The molecule has 0 radical (unpaired) electrons. The van der Waals surface area contributed by atoms with Gasteiger partial charge in [0.1, 0.15) is 0 Å². The van der Waals surface area contributed by atoms with Gasteiger partial charge < -0.3 is 14.6 Å². The zero-order valence-corrected chi connectivity index (χ0v) is 9.33. The number of rotatable bonds is 7. The Hall–Kier alpha value is -0.910. The molecule has 0 saturated carbocycles. The lowest BCUT2D eigenvalue weighted by molar-refractivity contribution is -0.154. The smallest absolute Gasteiger partial charge is 0.335 e. The average molecular weight is 230 g/mol. The molecule has 0 aliphatic carbocycles. The van der Waals surface area contributed by atoms with Crippen LogP contribution in [0.15, 0.2) is 17.5 Å². The Morgan fingerprint density at radius 1 is 1.67 bits per heavy atom. The van der Waals surface area contributed by atoms with Gasteiger partial charge in [-0.25, -0.2) is 4.79 Å². The summed E-state index contributed by atoms with van der Waals surface area (Å²) in [6.45, 7) is 2.66. The monoisotopic (exact) mass is 230 g/mol. The van der Waals surface area contributed by atoms with Crippen LogP contribution in [0.5, 0.6) is 0 Å². The van der Waals surface area contributed by atoms with Crippen molar-refractivity contribution in [3.05, 3.63) is 22.4 Å². The van der Waals surface area contributed by atoms with Crippen molar-refractivity contribution in [3.8, 4) is 0 Å². The molecule has 84 valence electrons. The maximum Gasteiger partial charge on any atom is 0.335 e. The average Bonchev–Trinajstić information content (AvgIpc) is 2.69. The number of aliphatic carboxylic acids is 1. The lowest BCUT2D eigenvalue weighted by atomic mass is 10.4. The van der Waals surface area contributed by atoms with E-state index in [1.54, 1.807) is 18.3 Å². The molecule has 1 N–H and O–H groups in total. The molecule has 0 saturated heterocycles. The second kappa shape index (κ2) is 6.55. The van der Waals surface area contributed by atoms with Crippen molar-refractivity contribution in [3.63, 3.8) is 0 Å². The number of carboxylic acid groups (broad SMARTS) is 1. The fourth-order valence-electron chi connectivity index (χ4n) is 1.05. The summed E-state index contributed by atoms with van der Waals surface area (Å²) in [6.07, 6.45) is -0.866. The molecule has 0 amide bonds. The zero-order chi connectivity index (χ0) is 11.1. The third-order valence-electron chi connectivity index (χ3n) is 1.74. The summed E-state index contributed by atoms with van der Waals surface area (Å²) in [4.78, 5) is 11.8. The third kappa shape index (κ3) is 4.42. The van der Waals surface area contributed by atoms with Gasteiger partial charge in [0, 0.05) is 11.5 Å². The number of carboxylic acids is 1. The van der Waals surface area contributed by atoms with Crippen molar-refractivity contribution in [2.24, 2.45) is 0 Å². The summed E-state index contributed by atoms with van der Waals surface area (Å²) >= 11 is 1.58. The SMILES string of the molecule is CCOC(COCc1cccs1)C(=O)O. The molecular formula is C10H14O4S. The van der Waals surface area contributed by atoms with Gasteiger partial charge in [-0.1, -0.05) is 6.07 Å². The maximum atomic E-state index is 10.7. The highest BCUT2D eigenvalue weighted by Gasteiger charge is 2.17. The predicted octanol–water partition coefficient (Wildman–Crippen LogP) is 1.75. The van der Waals surface area contributed by atoms with Crippen molar-refractivity contribution in [2.45, 2.75) is 19.6 Å². The first-order valence-electron chi connectivity index (χ1n) is 4.68. The van der Waals surface area contributed by atoms with Crippen molar-refractivity contribution in [1.82, 2.24) is 0 Å². The normalized spacial score (nSPS) is 12.6. The Morgan fingerprint density at radius 2 is 2.47 bits per heavy atom. The van der Waals surface area contributed by atoms with E-state index in [9.17, 15) is 4.79 Å². The van der Waals surface area contributed by atoms with E-state index in [4.69, 9.17) is 14.6 Å². The van der Waals surface area contributed by atoms with Crippen LogP contribution in [0.3, 0.4) is 0 Å². The Kier molecular flexibility index (Phi) is 5.31. The fraction of sp³-hybridized carbons (Fsp3) is 0.500.